The largest absolute Gasteiger partial charge is 0.464 e. The summed E-state index contributed by atoms with van der Waals surface area (Å²) in [6.45, 7) is 3.94. The summed E-state index contributed by atoms with van der Waals surface area (Å²) in [4.78, 5) is 11.4. The molecule has 1 spiro atoms. The Morgan fingerprint density at radius 1 is 1.44 bits per heavy atom. The van der Waals surface area contributed by atoms with Crippen LogP contribution in [0, 0.1) is 11.3 Å². The summed E-state index contributed by atoms with van der Waals surface area (Å²) in [5.41, 5.74) is 5.45. The van der Waals surface area contributed by atoms with Gasteiger partial charge in [0.15, 0.2) is 0 Å². The number of ether oxygens (including phenoxy) is 1. The predicted octanol–water partition coefficient (Wildman–Crippen LogP) is 2.27. The van der Waals surface area contributed by atoms with Crippen molar-refractivity contribution < 1.29 is 9.53 Å². The molecule has 0 atom stereocenters. The maximum atomic E-state index is 11.4. The molecule has 3 nitrogen and oxygen atoms in total. The van der Waals surface area contributed by atoms with Crippen molar-refractivity contribution in [2.45, 2.75) is 51.5 Å². The van der Waals surface area contributed by atoms with E-state index in [1.165, 1.54) is 32.1 Å². The molecule has 0 aromatic heterocycles. The van der Waals surface area contributed by atoms with Crippen molar-refractivity contribution >= 4 is 18.4 Å². The van der Waals surface area contributed by atoms with Gasteiger partial charge in [-0.3, -0.25) is 4.79 Å². The number of hydrogen-bond donors (Lipinski definition) is 1. The summed E-state index contributed by atoms with van der Waals surface area (Å²) in [7, 11) is 0. The third kappa shape index (κ3) is 2.69. The molecule has 0 heterocycles. The summed E-state index contributed by atoms with van der Waals surface area (Å²) in [5, 5.41) is 0. The minimum atomic E-state index is -0.849. The molecular formula is C12H22ClNO2. The Bertz CT molecular complexity index is 261. The summed E-state index contributed by atoms with van der Waals surface area (Å²) < 4.78 is 5.21. The van der Waals surface area contributed by atoms with Crippen molar-refractivity contribution in [2.75, 3.05) is 6.61 Å². The smallest absolute Gasteiger partial charge is 0.325 e. The summed E-state index contributed by atoms with van der Waals surface area (Å²) >= 11 is 0. The molecule has 0 saturated heterocycles. The molecule has 4 heteroatoms. The number of hydrogen-bond acceptors (Lipinski definition) is 3. The Hall–Kier alpha value is -0.280. The van der Waals surface area contributed by atoms with Gasteiger partial charge in [-0.1, -0.05) is 6.42 Å². The van der Waals surface area contributed by atoms with E-state index in [9.17, 15) is 4.79 Å². The molecule has 0 aliphatic heterocycles. The number of rotatable bonds is 3. The molecule has 2 aliphatic carbocycles. The lowest BCUT2D eigenvalue weighted by Gasteiger charge is -2.54. The molecule has 0 amide bonds. The highest BCUT2D eigenvalue weighted by atomic mass is 35.5. The highest BCUT2D eigenvalue weighted by Crippen LogP contribution is 2.58. The van der Waals surface area contributed by atoms with Gasteiger partial charge in [0.2, 0.25) is 0 Å². The Balaban J connectivity index is 0.00000128. The quantitative estimate of drug-likeness (QED) is 0.779. The van der Waals surface area contributed by atoms with Crippen molar-refractivity contribution in [3.63, 3.8) is 0 Å². The highest BCUT2D eigenvalue weighted by molar-refractivity contribution is 5.85. The van der Waals surface area contributed by atoms with Gasteiger partial charge in [-0.05, 0) is 50.9 Å². The van der Waals surface area contributed by atoms with E-state index in [0.29, 0.717) is 17.9 Å². The van der Waals surface area contributed by atoms with Gasteiger partial charge in [-0.2, -0.15) is 0 Å². The molecule has 2 fully saturated rings. The number of nitrogens with two attached hydrogens (primary N) is 1. The lowest BCUT2D eigenvalue weighted by atomic mass is 9.52. The third-order valence-electron chi connectivity index (χ3n) is 3.83. The Kier molecular flexibility index (Phi) is 3.91. The van der Waals surface area contributed by atoms with Gasteiger partial charge in [-0.15, -0.1) is 12.4 Å². The van der Waals surface area contributed by atoms with Crippen LogP contribution in [0.1, 0.15) is 46.0 Å². The first-order chi connectivity index (χ1) is 6.91. The van der Waals surface area contributed by atoms with E-state index in [-0.39, 0.29) is 18.4 Å². The van der Waals surface area contributed by atoms with E-state index in [2.05, 4.69) is 0 Å². The van der Waals surface area contributed by atoms with Crippen molar-refractivity contribution in [2.24, 2.45) is 17.1 Å². The van der Waals surface area contributed by atoms with E-state index in [1.54, 1.807) is 13.8 Å². The Morgan fingerprint density at radius 3 is 2.38 bits per heavy atom. The second kappa shape index (κ2) is 4.53. The van der Waals surface area contributed by atoms with Gasteiger partial charge in [0.1, 0.15) is 5.54 Å². The fourth-order valence-electron chi connectivity index (χ4n) is 2.75. The maximum Gasteiger partial charge on any atom is 0.325 e. The topological polar surface area (TPSA) is 52.3 Å². The van der Waals surface area contributed by atoms with Gasteiger partial charge in [0.25, 0.3) is 0 Å². The van der Waals surface area contributed by atoms with Crippen LogP contribution in [0.25, 0.3) is 0 Å². The second-order valence-electron chi connectivity index (χ2n) is 5.95. The molecule has 2 aliphatic rings. The van der Waals surface area contributed by atoms with Crippen molar-refractivity contribution in [1.29, 1.82) is 0 Å². The zero-order valence-electron chi connectivity index (χ0n) is 10.1. The third-order valence-corrected chi connectivity index (χ3v) is 3.83. The van der Waals surface area contributed by atoms with Gasteiger partial charge in [0, 0.05) is 0 Å². The molecule has 2 rings (SSSR count). The first-order valence-corrected chi connectivity index (χ1v) is 5.87. The van der Waals surface area contributed by atoms with Crippen LogP contribution in [0.15, 0.2) is 0 Å². The van der Waals surface area contributed by atoms with E-state index in [1.807, 2.05) is 0 Å². The van der Waals surface area contributed by atoms with Gasteiger partial charge in [0.05, 0.1) is 6.61 Å². The molecule has 0 radical (unpaired) electrons. The van der Waals surface area contributed by atoms with Crippen LogP contribution in [0.3, 0.4) is 0 Å². The molecule has 2 N–H and O–H groups in total. The van der Waals surface area contributed by atoms with E-state index in [4.69, 9.17) is 10.5 Å². The van der Waals surface area contributed by atoms with Crippen LogP contribution in [-0.2, 0) is 9.53 Å². The summed E-state index contributed by atoms with van der Waals surface area (Å²) in [6.07, 6.45) is 6.68. The zero-order valence-corrected chi connectivity index (χ0v) is 10.9. The van der Waals surface area contributed by atoms with Crippen LogP contribution < -0.4 is 5.73 Å². The number of esters is 1. The predicted molar refractivity (Wildman–Crippen MR) is 65.5 cm³/mol. The molecule has 0 aromatic rings. The van der Waals surface area contributed by atoms with Crippen molar-refractivity contribution in [3.05, 3.63) is 0 Å². The molecule has 0 unspecified atom stereocenters. The number of carbonyl (C=O) groups is 1. The normalized spacial score (nSPS) is 22.9. The lowest BCUT2D eigenvalue weighted by Crippen LogP contribution is -2.47. The monoisotopic (exact) mass is 247 g/mol. The van der Waals surface area contributed by atoms with Crippen LogP contribution in [0.2, 0.25) is 0 Å². The average molecular weight is 248 g/mol. The fraction of sp³-hybridized carbons (Fsp3) is 0.917. The first kappa shape index (κ1) is 13.8. The minimum absolute atomic E-state index is 0. The van der Waals surface area contributed by atoms with Crippen molar-refractivity contribution in [3.8, 4) is 0 Å². The number of carbonyl (C=O) groups excluding carboxylic acids is 1. The SMILES string of the molecule is CC(C)(N)C(=O)OCC1CC2(CCC2)C1.Cl. The summed E-state index contributed by atoms with van der Waals surface area (Å²) in [5.74, 6) is 0.314. The zero-order chi connectivity index (χ0) is 11.1. The molecule has 16 heavy (non-hydrogen) atoms. The average Bonchev–Trinajstić information content (AvgIpc) is 1.96. The molecule has 2 saturated carbocycles. The minimum Gasteiger partial charge on any atom is -0.464 e. The van der Waals surface area contributed by atoms with Gasteiger partial charge < -0.3 is 10.5 Å². The van der Waals surface area contributed by atoms with E-state index < -0.39 is 5.54 Å². The molecule has 0 aromatic carbocycles. The molecule has 0 bridgehead atoms. The van der Waals surface area contributed by atoms with Gasteiger partial charge in [-0.25, -0.2) is 0 Å². The molecular weight excluding hydrogens is 226 g/mol. The Morgan fingerprint density at radius 2 is 2.00 bits per heavy atom. The second-order valence-corrected chi connectivity index (χ2v) is 5.95. The lowest BCUT2D eigenvalue weighted by molar-refractivity contribution is -0.154. The van der Waals surface area contributed by atoms with Crippen LogP contribution in [0.5, 0.6) is 0 Å². The summed E-state index contributed by atoms with van der Waals surface area (Å²) in [6, 6.07) is 0. The van der Waals surface area contributed by atoms with Crippen LogP contribution >= 0.6 is 12.4 Å². The van der Waals surface area contributed by atoms with Gasteiger partial charge >= 0.3 is 5.97 Å². The number of halogens is 1. The first-order valence-electron chi connectivity index (χ1n) is 5.87. The van der Waals surface area contributed by atoms with Crippen molar-refractivity contribution in [1.82, 2.24) is 0 Å². The standard InChI is InChI=1S/C12H21NO2.ClH/c1-11(2,13)10(14)15-8-9-6-12(7-9)4-3-5-12;/h9H,3-8,13H2,1-2H3;1H. The maximum absolute atomic E-state index is 11.4. The van der Waals surface area contributed by atoms with Crippen LogP contribution in [-0.4, -0.2) is 18.1 Å². The van der Waals surface area contributed by atoms with Crippen LogP contribution in [0.4, 0.5) is 0 Å². The van der Waals surface area contributed by atoms with E-state index in [0.717, 1.165) is 0 Å². The van der Waals surface area contributed by atoms with E-state index >= 15 is 0 Å². The fourth-order valence-corrected chi connectivity index (χ4v) is 2.75. The Labute approximate surface area is 104 Å². The highest BCUT2D eigenvalue weighted by Gasteiger charge is 2.48. The molecule has 94 valence electrons.